The first kappa shape index (κ1) is 14.6. The van der Waals surface area contributed by atoms with E-state index in [0.29, 0.717) is 19.8 Å². The molecule has 0 saturated carbocycles. The van der Waals surface area contributed by atoms with Crippen LogP contribution in [0.3, 0.4) is 0 Å². The van der Waals surface area contributed by atoms with Crippen molar-refractivity contribution >= 4 is 15.9 Å². The third-order valence-corrected chi connectivity index (χ3v) is 4.25. The highest BCUT2D eigenvalue weighted by Gasteiger charge is 2.17. The maximum Gasteiger partial charge on any atom is 0.133 e. The van der Waals surface area contributed by atoms with Gasteiger partial charge in [0.25, 0.3) is 0 Å². The summed E-state index contributed by atoms with van der Waals surface area (Å²) >= 11 is 3.48. The number of rotatable bonds is 4. The first-order valence-corrected chi connectivity index (χ1v) is 7.78. The third kappa shape index (κ3) is 2.98. The summed E-state index contributed by atoms with van der Waals surface area (Å²) in [5, 5.41) is 10.6. The molecule has 1 N–H and O–H groups in total. The molecule has 21 heavy (non-hydrogen) atoms. The van der Waals surface area contributed by atoms with Gasteiger partial charge in [0, 0.05) is 0 Å². The lowest BCUT2D eigenvalue weighted by atomic mass is 9.98. The number of fused-ring (bicyclic) bond motifs is 1. The first-order chi connectivity index (χ1) is 10.2. The molecule has 0 fully saturated rings. The summed E-state index contributed by atoms with van der Waals surface area (Å²) in [6.45, 7) is 3.86. The molecule has 1 atom stereocenters. The average molecular weight is 349 g/mol. The van der Waals surface area contributed by atoms with Crippen LogP contribution in [0.5, 0.6) is 5.75 Å². The zero-order valence-corrected chi connectivity index (χ0v) is 13.4. The van der Waals surface area contributed by atoms with Crippen LogP contribution in [0.15, 0.2) is 40.9 Å². The topological polar surface area (TPSA) is 38.7 Å². The molecule has 0 amide bonds. The maximum absolute atomic E-state index is 10.6. The van der Waals surface area contributed by atoms with E-state index in [9.17, 15) is 5.11 Å². The van der Waals surface area contributed by atoms with Crippen molar-refractivity contribution in [3.8, 4) is 5.75 Å². The van der Waals surface area contributed by atoms with E-state index >= 15 is 0 Å². The van der Waals surface area contributed by atoms with Crippen molar-refractivity contribution in [3.63, 3.8) is 0 Å². The van der Waals surface area contributed by atoms with Gasteiger partial charge in [0.1, 0.15) is 11.9 Å². The Labute approximate surface area is 132 Å². The number of aliphatic hydroxyl groups excluding tert-OH is 1. The highest BCUT2D eigenvalue weighted by atomic mass is 79.9. The summed E-state index contributed by atoms with van der Waals surface area (Å²) in [5.41, 5.74) is 4.09. The molecular weight excluding hydrogens is 332 g/mol. The van der Waals surface area contributed by atoms with E-state index in [1.165, 1.54) is 5.56 Å². The van der Waals surface area contributed by atoms with Gasteiger partial charge < -0.3 is 14.6 Å². The van der Waals surface area contributed by atoms with Gasteiger partial charge in [-0.2, -0.15) is 0 Å². The summed E-state index contributed by atoms with van der Waals surface area (Å²) in [7, 11) is 0. The Morgan fingerprint density at radius 2 is 1.86 bits per heavy atom. The number of hydrogen-bond acceptors (Lipinski definition) is 3. The van der Waals surface area contributed by atoms with Gasteiger partial charge in [-0.05, 0) is 57.2 Å². The van der Waals surface area contributed by atoms with Crippen LogP contribution in [0.4, 0.5) is 0 Å². The Balaban J connectivity index is 1.88. The summed E-state index contributed by atoms with van der Waals surface area (Å²) < 4.78 is 11.8. The molecule has 0 saturated heterocycles. The lowest BCUT2D eigenvalue weighted by Crippen LogP contribution is -2.01. The molecule has 4 heteroatoms. The molecule has 1 aliphatic heterocycles. The average Bonchev–Trinajstić information content (AvgIpc) is 2.96. The van der Waals surface area contributed by atoms with Crippen molar-refractivity contribution in [3.05, 3.63) is 63.1 Å². The summed E-state index contributed by atoms with van der Waals surface area (Å²) in [4.78, 5) is 0. The second-order valence-electron chi connectivity index (χ2n) is 5.05. The van der Waals surface area contributed by atoms with Gasteiger partial charge in [-0.25, -0.2) is 0 Å². The van der Waals surface area contributed by atoms with Crippen LogP contribution in [0.2, 0.25) is 0 Å². The van der Waals surface area contributed by atoms with Gasteiger partial charge in [0.05, 0.1) is 24.3 Å². The number of ether oxygens (including phenoxy) is 2. The minimum Gasteiger partial charge on any atom is -0.493 e. The van der Waals surface area contributed by atoms with E-state index in [4.69, 9.17) is 9.47 Å². The van der Waals surface area contributed by atoms with Crippen LogP contribution in [0, 0.1) is 0 Å². The third-order valence-electron chi connectivity index (χ3n) is 3.63. The predicted octanol–water partition coefficient (Wildman–Crippen LogP) is 3.96. The number of hydrogen-bond donors (Lipinski definition) is 1. The summed E-state index contributed by atoms with van der Waals surface area (Å²) in [5.74, 6) is 0.788. The highest BCUT2D eigenvalue weighted by molar-refractivity contribution is 9.10. The second-order valence-corrected chi connectivity index (χ2v) is 5.90. The Hall–Kier alpha value is -1.36. The first-order valence-electron chi connectivity index (χ1n) is 6.98. The molecule has 1 unspecified atom stereocenters. The van der Waals surface area contributed by atoms with E-state index < -0.39 is 6.10 Å². The standard InChI is InChI=1S/C17H17BrO3/c1-2-21-16-6-5-12(8-15(16)18)17(19)11-3-4-13-9-20-10-14(13)7-11/h3-8,17,19H,2,9-10H2,1H3. The van der Waals surface area contributed by atoms with E-state index in [0.717, 1.165) is 26.9 Å². The molecule has 0 aliphatic carbocycles. The van der Waals surface area contributed by atoms with E-state index in [-0.39, 0.29) is 0 Å². The van der Waals surface area contributed by atoms with Crippen LogP contribution in [0.25, 0.3) is 0 Å². The van der Waals surface area contributed by atoms with Crippen molar-refractivity contribution in [1.29, 1.82) is 0 Å². The van der Waals surface area contributed by atoms with Gasteiger partial charge in [-0.1, -0.05) is 24.3 Å². The molecule has 2 aromatic rings. The van der Waals surface area contributed by atoms with Crippen LogP contribution in [-0.2, 0) is 18.0 Å². The second kappa shape index (κ2) is 6.18. The van der Waals surface area contributed by atoms with Crippen molar-refractivity contribution in [2.24, 2.45) is 0 Å². The smallest absolute Gasteiger partial charge is 0.133 e. The van der Waals surface area contributed by atoms with Crippen molar-refractivity contribution in [2.75, 3.05) is 6.61 Å². The van der Waals surface area contributed by atoms with E-state index in [2.05, 4.69) is 15.9 Å². The molecule has 0 bridgehead atoms. The molecule has 0 aromatic heterocycles. The molecule has 0 spiro atoms. The van der Waals surface area contributed by atoms with Gasteiger partial charge in [-0.15, -0.1) is 0 Å². The van der Waals surface area contributed by atoms with Crippen LogP contribution >= 0.6 is 15.9 Å². The monoisotopic (exact) mass is 348 g/mol. The minimum absolute atomic E-state index is 0.616. The Morgan fingerprint density at radius 1 is 1.14 bits per heavy atom. The van der Waals surface area contributed by atoms with Crippen LogP contribution in [-0.4, -0.2) is 11.7 Å². The molecule has 110 valence electrons. The highest BCUT2D eigenvalue weighted by Crippen LogP contribution is 2.32. The van der Waals surface area contributed by atoms with Crippen molar-refractivity contribution in [2.45, 2.75) is 26.2 Å². The molecule has 2 aromatic carbocycles. The normalized spacial score (nSPS) is 14.8. The van der Waals surface area contributed by atoms with Gasteiger partial charge >= 0.3 is 0 Å². The fourth-order valence-corrected chi connectivity index (χ4v) is 3.03. The minimum atomic E-state index is -0.650. The van der Waals surface area contributed by atoms with E-state index in [1.807, 2.05) is 43.3 Å². The number of benzene rings is 2. The van der Waals surface area contributed by atoms with Crippen LogP contribution < -0.4 is 4.74 Å². The lowest BCUT2D eigenvalue weighted by Gasteiger charge is -2.14. The summed E-state index contributed by atoms with van der Waals surface area (Å²) in [6, 6.07) is 11.7. The molecular formula is C17H17BrO3. The molecule has 0 radical (unpaired) electrons. The quantitative estimate of drug-likeness (QED) is 0.908. The summed E-state index contributed by atoms with van der Waals surface area (Å²) in [6.07, 6.45) is -0.650. The van der Waals surface area contributed by atoms with Crippen molar-refractivity contribution in [1.82, 2.24) is 0 Å². The Morgan fingerprint density at radius 3 is 2.62 bits per heavy atom. The Bertz CT molecular complexity index is 654. The fourth-order valence-electron chi connectivity index (χ4n) is 2.51. The SMILES string of the molecule is CCOc1ccc(C(O)c2ccc3c(c2)COC3)cc1Br. The largest absolute Gasteiger partial charge is 0.493 e. The lowest BCUT2D eigenvalue weighted by molar-refractivity contribution is 0.134. The molecule has 1 heterocycles. The maximum atomic E-state index is 10.6. The predicted molar refractivity (Wildman–Crippen MR) is 84.3 cm³/mol. The van der Waals surface area contributed by atoms with E-state index in [1.54, 1.807) is 0 Å². The van der Waals surface area contributed by atoms with Gasteiger partial charge in [0.15, 0.2) is 0 Å². The zero-order valence-electron chi connectivity index (χ0n) is 11.8. The van der Waals surface area contributed by atoms with Gasteiger partial charge in [0.2, 0.25) is 0 Å². The molecule has 3 nitrogen and oxygen atoms in total. The number of aliphatic hydroxyl groups is 1. The van der Waals surface area contributed by atoms with Gasteiger partial charge in [-0.3, -0.25) is 0 Å². The Kier molecular flexibility index (Phi) is 4.29. The molecule has 1 aliphatic rings. The van der Waals surface area contributed by atoms with Crippen LogP contribution in [0.1, 0.15) is 35.3 Å². The number of halogens is 1. The fraction of sp³-hybridized carbons (Fsp3) is 0.294. The van der Waals surface area contributed by atoms with Crippen molar-refractivity contribution < 1.29 is 14.6 Å². The zero-order chi connectivity index (χ0) is 14.8. The molecule has 3 rings (SSSR count).